The molecular formula is C12H15N3O4. The number of carboxylic acid groups (broad SMARTS) is 1. The van der Waals surface area contributed by atoms with Crippen LogP contribution < -0.4 is 11.1 Å². The van der Waals surface area contributed by atoms with E-state index < -0.39 is 24.1 Å². The third kappa shape index (κ3) is 2.76. The predicted octanol–water partition coefficient (Wildman–Crippen LogP) is 0.320. The van der Waals surface area contributed by atoms with Crippen LogP contribution in [-0.4, -0.2) is 45.8 Å². The fraction of sp³-hybridized carbons (Fsp3) is 0.333. The highest BCUT2D eigenvalue weighted by Crippen LogP contribution is 2.22. The Morgan fingerprint density at radius 2 is 2.05 bits per heavy atom. The number of anilines is 2. The summed E-state index contributed by atoms with van der Waals surface area (Å²) in [5.74, 6) is -1.13. The number of likely N-dealkylation sites (tertiary alicyclic amines) is 1. The average Bonchev–Trinajstić information content (AvgIpc) is 2.74. The van der Waals surface area contributed by atoms with E-state index in [1.54, 1.807) is 24.3 Å². The van der Waals surface area contributed by atoms with Crippen LogP contribution in [0.2, 0.25) is 0 Å². The zero-order valence-corrected chi connectivity index (χ0v) is 10.1. The van der Waals surface area contributed by atoms with Crippen molar-refractivity contribution < 1.29 is 19.8 Å². The first-order valence-electron chi connectivity index (χ1n) is 5.82. The topological polar surface area (TPSA) is 116 Å². The fourth-order valence-corrected chi connectivity index (χ4v) is 2.07. The van der Waals surface area contributed by atoms with Gasteiger partial charge in [0.2, 0.25) is 0 Å². The number of aliphatic hydroxyl groups excluding tert-OH is 1. The lowest BCUT2D eigenvalue weighted by Gasteiger charge is -2.22. The normalized spacial score (nSPS) is 22.3. The van der Waals surface area contributed by atoms with Crippen LogP contribution >= 0.6 is 0 Å². The lowest BCUT2D eigenvalue weighted by atomic mass is 10.2. The van der Waals surface area contributed by atoms with Gasteiger partial charge in [0.25, 0.3) is 0 Å². The first-order valence-corrected chi connectivity index (χ1v) is 5.82. The number of carboxylic acids is 1. The molecule has 7 nitrogen and oxygen atoms in total. The highest BCUT2D eigenvalue weighted by Gasteiger charge is 2.39. The number of rotatable bonds is 2. The molecular weight excluding hydrogens is 250 g/mol. The second-order valence-electron chi connectivity index (χ2n) is 4.41. The molecule has 0 saturated carbocycles. The maximum Gasteiger partial charge on any atom is 0.326 e. The minimum Gasteiger partial charge on any atom is -0.480 e. The number of carbonyl (C=O) groups is 2. The molecule has 1 aliphatic heterocycles. The highest BCUT2D eigenvalue weighted by atomic mass is 16.4. The number of nitrogens with one attached hydrogen (secondary N) is 1. The predicted molar refractivity (Wildman–Crippen MR) is 68.6 cm³/mol. The zero-order valence-electron chi connectivity index (χ0n) is 10.1. The fourth-order valence-electron chi connectivity index (χ4n) is 2.07. The second kappa shape index (κ2) is 5.15. The molecule has 1 fully saturated rings. The molecule has 1 aromatic carbocycles. The minimum atomic E-state index is -1.13. The molecule has 19 heavy (non-hydrogen) atoms. The van der Waals surface area contributed by atoms with Gasteiger partial charge in [-0.2, -0.15) is 0 Å². The summed E-state index contributed by atoms with van der Waals surface area (Å²) in [4.78, 5) is 24.1. The Morgan fingerprint density at radius 3 is 2.68 bits per heavy atom. The summed E-state index contributed by atoms with van der Waals surface area (Å²) < 4.78 is 0. The molecule has 1 aliphatic rings. The Hall–Kier alpha value is -2.28. The molecule has 102 valence electrons. The lowest BCUT2D eigenvalue weighted by Crippen LogP contribution is -2.43. The maximum atomic E-state index is 12.0. The van der Waals surface area contributed by atoms with Crippen LogP contribution in [0.5, 0.6) is 0 Å². The zero-order chi connectivity index (χ0) is 14.0. The smallest absolute Gasteiger partial charge is 0.326 e. The molecule has 2 atom stereocenters. The van der Waals surface area contributed by atoms with E-state index in [0.29, 0.717) is 11.4 Å². The highest BCUT2D eigenvalue weighted by molar-refractivity contribution is 5.95. The van der Waals surface area contributed by atoms with Crippen LogP contribution in [0.15, 0.2) is 24.3 Å². The average molecular weight is 265 g/mol. The van der Waals surface area contributed by atoms with Crippen molar-refractivity contribution in [3.63, 3.8) is 0 Å². The number of benzene rings is 1. The number of carbonyl (C=O) groups excluding carboxylic acids is 1. The van der Waals surface area contributed by atoms with E-state index in [1.807, 2.05) is 0 Å². The Bertz CT molecular complexity index is 506. The number of amides is 2. The summed E-state index contributed by atoms with van der Waals surface area (Å²) in [5, 5.41) is 21.0. The van der Waals surface area contributed by atoms with Crippen LogP contribution in [0.4, 0.5) is 16.2 Å². The van der Waals surface area contributed by atoms with E-state index >= 15 is 0 Å². The van der Waals surface area contributed by atoms with Crippen LogP contribution in [0.25, 0.3) is 0 Å². The molecule has 0 aromatic heterocycles. The Morgan fingerprint density at radius 1 is 1.37 bits per heavy atom. The standard InChI is InChI=1S/C12H15N3O4/c13-8-3-1-2-4-9(8)14-12(19)15-6-7(16)5-10(15)11(17)18/h1-4,7,10,16H,5-6,13H2,(H,14,19)(H,17,18)/t7-,10+/m1/s1. The first-order chi connectivity index (χ1) is 8.99. The van der Waals surface area contributed by atoms with Crippen LogP contribution in [0.3, 0.4) is 0 Å². The van der Waals surface area contributed by atoms with E-state index in [0.717, 1.165) is 4.90 Å². The van der Waals surface area contributed by atoms with Gasteiger partial charge in [-0.05, 0) is 12.1 Å². The molecule has 5 N–H and O–H groups in total. The van der Waals surface area contributed by atoms with E-state index in [1.165, 1.54) is 0 Å². The third-order valence-electron chi connectivity index (χ3n) is 3.03. The van der Waals surface area contributed by atoms with Crippen molar-refractivity contribution in [2.24, 2.45) is 0 Å². The number of nitrogens with two attached hydrogens (primary N) is 1. The van der Waals surface area contributed by atoms with Gasteiger partial charge in [0.1, 0.15) is 6.04 Å². The van der Waals surface area contributed by atoms with Crippen molar-refractivity contribution in [2.45, 2.75) is 18.6 Å². The molecule has 1 saturated heterocycles. The van der Waals surface area contributed by atoms with Gasteiger partial charge in [0.15, 0.2) is 0 Å². The Kier molecular flexibility index (Phi) is 3.57. The number of hydrogen-bond donors (Lipinski definition) is 4. The van der Waals surface area contributed by atoms with Crippen molar-refractivity contribution in [1.82, 2.24) is 4.90 Å². The van der Waals surface area contributed by atoms with Gasteiger partial charge in [-0.1, -0.05) is 12.1 Å². The van der Waals surface area contributed by atoms with Crippen LogP contribution in [0, 0.1) is 0 Å². The lowest BCUT2D eigenvalue weighted by molar-refractivity contribution is -0.141. The SMILES string of the molecule is Nc1ccccc1NC(=O)N1C[C@H](O)C[C@H]1C(=O)O. The van der Waals surface area contributed by atoms with Gasteiger partial charge in [0, 0.05) is 13.0 Å². The van der Waals surface area contributed by atoms with Crippen molar-refractivity contribution in [2.75, 3.05) is 17.6 Å². The van der Waals surface area contributed by atoms with E-state index in [2.05, 4.69) is 5.32 Å². The molecule has 0 spiro atoms. The maximum absolute atomic E-state index is 12.0. The second-order valence-corrected chi connectivity index (χ2v) is 4.41. The molecule has 1 heterocycles. The summed E-state index contributed by atoms with van der Waals surface area (Å²) in [6, 6.07) is 5.09. The number of para-hydroxylation sites is 2. The van der Waals surface area contributed by atoms with Gasteiger partial charge in [-0.25, -0.2) is 9.59 Å². The Balaban J connectivity index is 2.11. The molecule has 0 aliphatic carbocycles. The molecule has 0 unspecified atom stereocenters. The minimum absolute atomic E-state index is 0.00443. The number of β-amino-alcohol motifs (C(OH)–C–C–N with tert-alkyl or cyclic N) is 1. The van der Waals surface area contributed by atoms with Gasteiger partial charge >= 0.3 is 12.0 Å². The molecule has 7 heteroatoms. The van der Waals surface area contributed by atoms with Crippen molar-refractivity contribution in [1.29, 1.82) is 0 Å². The van der Waals surface area contributed by atoms with Crippen molar-refractivity contribution in [3.8, 4) is 0 Å². The Labute approximate surface area is 109 Å². The van der Waals surface area contributed by atoms with E-state index in [-0.39, 0.29) is 13.0 Å². The number of aliphatic carboxylic acids is 1. The molecule has 2 amide bonds. The summed E-state index contributed by atoms with van der Waals surface area (Å²) in [7, 11) is 0. The third-order valence-corrected chi connectivity index (χ3v) is 3.03. The van der Waals surface area contributed by atoms with Crippen molar-refractivity contribution in [3.05, 3.63) is 24.3 Å². The van der Waals surface area contributed by atoms with Gasteiger partial charge < -0.3 is 26.2 Å². The van der Waals surface area contributed by atoms with E-state index in [4.69, 9.17) is 10.8 Å². The largest absolute Gasteiger partial charge is 0.480 e. The van der Waals surface area contributed by atoms with Gasteiger partial charge in [-0.3, -0.25) is 0 Å². The van der Waals surface area contributed by atoms with Crippen LogP contribution in [-0.2, 0) is 4.79 Å². The summed E-state index contributed by atoms with van der Waals surface area (Å²) in [6.45, 7) is -0.00443. The monoisotopic (exact) mass is 265 g/mol. The first kappa shape index (κ1) is 13.2. The number of aliphatic hydroxyl groups is 1. The quantitative estimate of drug-likeness (QED) is 0.575. The number of nitrogen functional groups attached to an aromatic ring is 1. The summed E-state index contributed by atoms with van der Waals surface area (Å²) in [6.07, 6.45) is -0.785. The van der Waals surface area contributed by atoms with Crippen LogP contribution in [0.1, 0.15) is 6.42 Å². The summed E-state index contributed by atoms with van der Waals surface area (Å²) in [5.41, 5.74) is 6.50. The van der Waals surface area contributed by atoms with Gasteiger partial charge in [-0.15, -0.1) is 0 Å². The van der Waals surface area contributed by atoms with Crippen molar-refractivity contribution >= 4 is 23.4 Å². The number of hydrogen-bond acceptors (Lipinski definition) is 4. The molecule has 0 radical (unpaired) electrons. The molecule has 2 rings (SSSR count). The number of urea groups is 1. The molecule has 0 bridgehead atoms. The van der Waals surface area contributed by atoms with Gasteiger partial charge in [0.05, 0.1) is 17.5 Å². The molecule has 1 aromatic rings. The summed E-state index contributed by atoms with van der Waals surface area (Å²) >= 11 is 0. The number of nitrogens with zero attached hydrogens (tertiary/aromatic N) is 1. The van der Waals surface area contributed by atoms with E-state index in [9.17, 15) is 14.7 Å².